The maximum Gasteiger partial charge on any atom is 0.331 e. The smallest absolute Gasteiger partial charge is 0.331 e. The third-order valence-corrected chi connectivity index (χ3v) is 9.54. The van der Waals surface area contributed by atoms with Gasteiger partial charge in [-0.15, -0.1) is 0 Å². The molecule has 0 rings (SSSR count). The first kappa shape index (κ1) is 46.8. The van der Waals surface area contributed by atoms with Crippen LogP contribution in [0, 0.1) is 0 Å². The van der Waals surface area contributed by atoms with Gasteiger partial charge in [0.25, 0.3) is 0 Å². The summed E-state index contributed by atoms with van der Waals surface area (Å²) >= 11 is 0. The Morgan fingerprint density at radius 1 is 0.510 bits per heavy atom. The summed E-state index contributed by atoms with van der Waals surface area (Å²) in [4.78, 5) is 94.4. The van der Waals surface area contributed by atoms with Crippen LogP contribution in [0.5, 0.6) is 0 Å². The zero-order chi connectivity index (χ0) is 40.8. The van der Waals surface area contributed by atoms with Crippen molar-refractivity contribution in [1.29, 1.82) is 0 Å². The highest BCUT2D eigenvalue weighted by atomic mass is 28.3. The average molecular weight is 740 g/mol. The van der Waals surface area contributed by atoms with Gasteiger partial charge >= 0.3 is 5.97 Å². The van der Waals surface area contributed by atoms with Gasteiger partial charge in [-0.1, -0.05) is 24.8 Å². The van der Waals surface area contributed by atoms with Crippen molar-refractivity contribution in [2.75, 3.05) is 6.61 Å². The van der Waals surface area contributed by atoms with Gasteiger partial charge in [-0.05, 0) is 109 Å². The molecule has 17 nitrogen and oxygen atoms in total. The zero-order valence-electron chi connectivity index (χ0n) is 33.5. The maximum atomic E-state index is 13.4. The highest BCUT2D eigenvalue weighted by Crippen LogP contribution is 2.18. The molecule has 6 amide bonds. The van der Waals surface area contributed by atoms with Crippen molar-refractivity contribution in [3.63, 3.8) is 0 Å². The minimum Gasteiger partial charge on any atom is -0.464 e. The number of hydrogen-bond donors (Lipinski definition) is 6. The maximum absolute atomic E-state index is 13.4. The van der Waals surface area contributed by atoms with Crippen molar-refractivity contribution in [2.45, 2.75) is 161 Å². The van der Waals surface area contributed by atoms with E-state index in [-0.39, 0.29) is 6.61 Å². The summed E-state index contributed by atoms with van der Waals surface area (Å²) in [6.45, 7) is 26.5. The van der Waals surface area contributed by atoms with E-state index in [0.717, 1.165) is 6.04 Å². The Kier molecular flexibility index (Phi) is 14.7. The Balaban J connectivity index is 5.58. The molecule has 0 fully saturated rings. The van der Waals surface area contributed by atoms with E-state index in [1.807, 2.05) is 0 Å². The Bertz CT molecular complexity index is 1440. The molecule has 0 unspecified atom stereocenters. The van der Waals surface area contributed by atoms with E-state index in [9.17, 15) is 33.6 Å². The summed E-state index contributed by atoms with van der Waals surface area (Å²) in [7, 11) is -1.45. The fourth-order valence-corrected chi connectivity index (χ4v) is 4.47. The molecule has 0 saturated heterocycles. The summed E-state index contributed by atoms with van der Waals surface area (Å²) in [6, 6.07) is 0.764. The number of rotatable bonds is 17. The Morgan fingerprint density at radius 2 is 0.765 bits per heavy atom. The number of carbonyl (C=O) groups is 7. The van der Waals surface area contributed by atoms with Crippen molar-refractivity contribution < 1.29 is 38.3 Å². The monoisotopic (exact) mass is 739 g/mol. The fourth-order valence-electron chi connectivity index (χ4n) is 3.76. The first-order valence-corrected chi connectivity index (χ1v) is 20.4. The first-order chi connectivity index (χ1) is 22.5. The highest BCUT2D eigenvalue weighted by Gasteiger charge is 2.44. The van der Waals surface area contributed by atoms with Crippen LogP contribution in [0.2, 0.25) is 25.7 Å². The summed E-state index contributed by atoms with van der Waals surface area (Å²) in [5.41, 5.74) is -1.97. The van der Waals surface area contributed by atoms with Gasteiger partial charge in [-0.3, -0.25) is 28.8 Å². The molecule has 0 aromatic rings. The molecule has 0 saturated carbocycles. The lowest BCUT2D eigenvalue weighted by Gasteiger charge is -2.37. The number of azide groups is 1. The second-order valence-electron chi connectivity index (χ2n) is 17.7. The standard InChI is InChI=1S/C33H61N9O8Si/c1-27(2,35-21(44)28(3,4)37-23(46)30(7,8)39-25(48)32(11,12)41-42-34)20(43)36-29(5,6)22(45)38-31(9,10)24(47)40-33(13,14)26(49)50-18-19-51(15,16)17/h18-19H2,1-17H3,(H,35,44)(H,36,43)(H,37,46)(H,38,45)(H,39,48)(H,40,47). The van der Waals surface area contributed by atoms with Crippen molar-refractivity contribution >= 4 is 49.5 Å². The van der Waals surface area contributed by atoms with Gasteiger partial charge in [0.05, 0.1) is 6.61 Å². The molecule has 290 valence electrons. The van der Waals surface area contributed by atoms with Crippen LogP contribution in [0.4, 0.5) is 0 Å². The molecule has 6 N–H and O–H groups in total. The van der Waals surface area contributed by atoms with Crippen LogP contribution >= 0.6 is 0 Å². The van der Waals surface area contributed by atoms with Crippen LogP contribution in [0.1, 0.15) is 96.9 Å². The van der Waals surface area contributed by atoms with E-state index in [2.05, 4.69) is 61.6 Å². The topological polar surface area (TPSA) is 250 Å². The lowest BCUT2D eigenvalue weighted by molar-refractivity contribution is -0.152. The number of nitrogens with zero attached hydrogens (tertiary/aromatic N) is 3. The van der Waals surface area contributed by atoms with Crippen molar-refractivity contribution in [3.05, 3.63) is 10.4 Å². The molecule has 0 aliphatic carbocycles. The van der Waals surface area contributed by atoms with Crippen LogP contribution in [0.3, 0.4) is 0 Å². The summed E-state index contributed by atoms with van der Waals surface area (Å²) in [6.07, 6.45) is 0. The van der Waals surface area contributed by atoms with Gasteiger partial charge in [0.2, 0.25) is 35.4 Å². The summed E-state index contributed by atoms with van der Waals surface area (Å²) in [5, 5.41) is 18.9. The van der Waals surface area contributed by atoms with E-state index in [1.54, 1.807) is 0 Å². The lowest BCUT2D eigenvalue weighted by atomic mass is 9.94. The molecule has 0 heterocycles. The van der Waals surface area contributed by atoms with Crippen molar-refractivity contribution in [3.8, 4) is 0 Å². The highest BCUT2D eigenvalue weighted by molar-refractivity contribution is 6.76. The molecule has 0 radical (unpaired) electrons. The minimum absolute atomic E-state index is 0.239. The number of esters is 1. The van der Waals surface area contributed by atoms with E-state index < -0.39 is 88.3 Å². The lowest BCUT2D eigenvalue weighted by Crippen LogP contribution is -2.69. The van der Waals surface area contributed by atoms with Crippen LogP contribution < -0.4 is 31.9 Å². The van der Waals surface area contributed by atoms with Crippen molar-refractivity contribution in [2.24, 2.45) is 5.11 Å². The molecule has 18 heteroatoms. The molecular formula is C33H61N9O8Si. The number of carbonyl (C=O) groups excluding carboxylic acids is 7. The zero-order valence-corrected chi connectivity index (χ0v) is 34.5. The van der Waals surface area contributed by atoms with Crippen molar-refractivity contribution in [1.82, 2.24) is 31.9 Å². The molecule has 0 spiro atoms. The molecule has 0 aliphatic rings. The predicted octanol–water partition coefficient (Wildman–Crippen LogP) is 2.33. The van der Waals surface area contributed by atoms with E-state index in [4.69, 9.17) is 10.3 Å². The van der Waals surface area contributed by atoms with Crippen LogP contribution in [0.15, 0.2) is 5.11 Å². The first-order valence-electron chi connectivity index (χ1n) is 16.6. The molecule has 51 heavy (non-hydrogen) atoms. The van der Waals surface area contributed by atoms with Gasteiger partial charge in [0.1, 0.15) is 38.8 Å². The number of hydrogen-bond acceptors (Lipinski definition) is 9. The average Bonchev–Trinajstić information content (AvgIpc) is 2.90. The van der Waals surface area contributed by atoms with Gasteiger partial charge in [-0.25, -0.2) is 4.79 Å². The fraction of sp³-hybridized carbons (Fsp3) is 0.788. The van der Waals surface area contributed by atoms with E-state index in [0.29, 0.717) is 0 Å². The van der Waals surface area contributed by atoms with Gasteiger partial charge in [0, 0.05) is 13.0 Å². The number of nitrogens with one attached hydrogen (secondary N) is 6. The normalized spacial score (nSPS) is 13.1. The molecular weight excluding hydrogens is 679 g/mol. The Morgan fingerprint density at radius 3 is 1.02 bits per heavy atom. The SMILES string of the molecule is CC(C)(N=[N+]=[N-])C(=O)NC(C)(C)C(=O)NC(C)(C)C(=O)NC(C)(C)C(=O)NC(C)(C)C(=O)NC(C)(C)C(=O)NC(C)(C)C(=O)OCC[Si](C)(C)C. The van der Waals surface area contributed by atoms with Crippen LogP contribution in [0.25, 0.3) is 10.4 Å². The van der Waals surface area contributed by atoms with Crippen LogP contribution in [-0.2, 0) is 38.3 Å². The number of amides is 6. The number of ether oxygens (including phenoxy) is 1. The predicted molar refractivity (Wildman–Crippen MR) is 196 cm³/mol. The Hall–Kier alpha value is -4.18. The third kappa shape index (κ3) is 14.2. The second kappa shape index (κ2) is 16.0. The van der Waals surface area contributed by atoms with Gasteiger partial charge < -0.3 is 36.6 Å². The Labute approximate surface area is 302 Å². The second-order valence-corrected chi connectivity index (χ2v) is 23.3. The minimum atomic E-state index is -1.60. The van der Waals surface area contributed by atoms with Gasteiger partial charge in [-0.2, -0.15) is 0 Å². The quantitative estimate of drug-likeness (QED) is 0.0424. The molecule has 0 bridgehead atoms. The summed E-state index contributed by atoms with van der Waals surface area (Å²) < 4.78 is 5.39. The van der Waals surface area contributed by atoms with Gasteiger partial charge in [0.15, 0.2) is 0 Å². The largest absolute Gasteiger partial charge is 0.464 e. The molecule has 0 aromatic heterocycles. The third-order valence-electron chi connectivity index (χ3n) is 7.84. The summed E-state index contributed by atoms with van der Waals surface area (Å²) in [5.74, 6) is -4.96. The van der Waals surface area contributed by atoms with E-state index >= 15 is 0 Å². The van der Waals surface area contributed by atoms with E-state index in [1.165, 1.54) is 96.9 Å². The molecule has 0 atom stereocenters. The molecule has 0 aliphatic heterocycles. The van der Waals surface area contributed by atoms with Crippen LogP contribution in [-0.4, -0.2) is 94.9 Å². The molecule has 0 aromatic carbocycles.